The highest BCUT2D eigenvalue weighted by Crippen LogP contribution is 2.23. The third kappa shape index (κ3) is 3.82. The topological polar surface area (TPSA) is 70.9 Å². The van der Waals surface area contributed by atoms with Crippen LogP contribution in [0.4, 0.5) is 11.8 Å². The van der Waals surface area contributed by atoms with Gasteiger partial charge in [0.05, 0.1) is 11.4 Å². The highest BCUT2D eigenvalue weighted by atomic mass is 15.3. The van der Waals surface area contributed by atoms with E-state index in [1.54, 1.807) is 0 Å². The molecule has 0 atom stereocenters. The summed E-state index contributed by atoms with van der Waals surface area (Å²) in [6, 6.07) is 0. The maximum atomic E-state index is 4.78. The molecular formula is C19H31N7. The van der Waals surface area contributed by atoms with E-state index in [2.05, 4.69) is 41.2 Å². The molecule has 0 saturated heterocycles. The van der Waals surface area contributed by atoms with Crippen LogP contribution in [0.15, 0.2) is 0 Å². The molecule has 0 radical (unpaired) electrons. The van der Waals surface area contributed by atoms with Crippen LogP contribution >= 0.6 is 0 Å². The predicted molar refractivity (Wildman–Crippen MR) is 106 cm³/mol. The summed E-state index contributed by atoms with van der Waals surface area (Å²) in [6.45, 7) is 10.1. The zero-order valence-corrected chi connectivity index (χ0v) is 16.7. The SMILES string of the molecule is CCn1nc(C)c(CCNc2nc(N(C)C)nc3c2CCNCC3)c1C. The summed E-state index contributed by atoms with van der Waals surface area (Å²) < 4.78 is 2.08. The molecule has 0 saturated carbocycles. The number of rotatable bonds is 6. The average Bonchev–Trinajstić information content (AvgIpc) is 2.79. The standard InChI is InChI=1S/C19H31N7/c1-6-26-14(3)15(13(2)24-26)8-12-21-18-16-7-10-20-11-9-17(16)22-19(23-18)25(4)5/h20H,6-12H2,1-5H3,(H,21,22,23). The smallest absolute Gasteiger partial charge is 0.227 e. The Hall–Kier alpha value is -2.15. The van der Waals surface area contributed by atoms with Gasteiger partial charge >= 0.3 is 0 Å². The Balaban J connectivity index is 1.79. The highest BCUT2D eigenvalue weighted by Gasteiger charge is 2.18. The maximum Gasteiger partial charge on any atom is 0.227 e. The molecule has 2 aromatic heterocycles. The van der Waals surface area contributed by atoms with E-state index in [1.807, 2.05) is 19.0 Å². The minimum absolute atomic E-state index is 0.777. The first kappa shape index (κ1) is 18.6. The van der Waals surface area contributed by atoms with E-state index in [0.717, 1.165) is 62.9 Å². The van der Waals surface area contributed by atoms with Crippen LogP contribution in [-0.2, 0) is 25.8 Å². The second-order valence-corrected chi connectivity index (χ2v) is 7.08. The molecule has 0 amide bonds. The van der Waals surface area contributed by atoms with Crippen LogP contribution in [0.2, 0.25) is 0 Å². The molecule has 1 aliphatic heterocycles. The quantitative estimate of drug-likeness (QED) is 0.820. The molecular weight excluding hydrogens is 326 g/mol. The molecule has 142 valence electrons. The molecule has 0 bridgehead atoms. The van der Waals surface area contributed by atoms with E-state index in [0.29, 0.717) is 0 Å². The Morgan fingerprint density at radius 1 is 1.15 bits per heavy atom. The van der Waals surface area contributed by atoms with E-state index in [4.69, 9.17) is 9.97 Å². The van der Waals surface area contributed by atoms with Gasteiger partial charge in [0, 0.05) is 51.4 Å². The lowest BCUT2D eigenvalue weighted by atomic mass is 10.1. The normalized spacial score (nSPS) is 14.0. The van der Waals surface area contributed by atoms with Crippen LogP contribution in [0.3, 0.4) is 0 Å². The van der Waals surface area contributed by atoms with Gasteiger partial charge in [-0.25, -0.2) is 4.98 Å². The van der Waals surface area contributed by atoms with Gasteiger partial charge in [0.15, 0.2) is 0 Å². The summed E-state index contributed by atoms with van der Waals surface area (Å²) in [5, 5.41) is 11.7. The van der Waals surface area contributed by atoms with E-state index in [1.165, 1.54) is 22.5 Å². The van der Waals surface area contributed by atoms with Gasteiger partial charge in [-0.3, -0.25) is 4.68 Å². The van der Waals surface area contributed by atoms with E-state index in [-0.39, 0.29) is 0 Å². The number of fused-ring (bicyclic) bond motifs is 1. The Bertz CT molecular complexity index is 764. The van der Waals surface area contributed by atoms with Gasteiger partial charge in [-0.1, -0.05) is 0 Å². The van der Waals surface area contributed by atoms with Crippen molar-refractivity contribution in [1.29, 1.82) is 0 Å². The van der Waals surface area contributed by atoms with Crippen LogP contribution in [0.25, 0.3) is 0 Å². The molecule has 3 heterocycles. The summed E-state index contributed by atoms with van der Waals surface area (Å²) in [5.74, 6) is 1.76. The summed E-state index contributed by atoms with van der Waals surface area (Å²) in [5.41, 5.74) is 6.17. The van der Waals surface area contributed by atoms with Gasteiger partial charge in [0.25, 0.3) is 0 Å². The van der Waals surface area contributed by atoms with Gasteiger partial charge in [0.2, 0.25) is 5.95 Å². The summed E-state index contributed by atoms with van der Waals surface area (Å²) >= 11 is 0. The average molecular weight is 358 g/mol. The molecule has 0 aliphatic carbocycles. The third-order valence-electron chi connectivity index (χ3n) is 5.07. The van der Waals surface area contributed by atoms with Gasteiger partial charge < -0.3 is 15.5 Å². The van der Waals surface area contributed by atoms with Crippen molar-refractivity contribution in [3.63, 3.8) is 0 Å². The van der Waals surface area contributed by atoms with Gasteiger partial charge in [-0.15, -0.1) is 0 Å². The van der Waals surface area contributed by atoms with Crippen LogP contribution in [0.5, 0.6) is 0 Å². The molecule has 7 nitrogen and oxygen atoms in total. The van der Waals surface area contributed by atoms with Crippen molar-refractivity contribution in [3.8, 4) is 0 Å². The largest absolute Gasteiger partial charge is 0.369 e. The fourth-order valence-electron chi connectivity index (χ4n) is 3.59. The van der Waals surface area contributed by atoms with Gasteiger partial charge in [-0.2, -0.15) is 10.1 Å². The zero-order valence-electron chi connectivity index (χ0n) is 16.7. The first-order valence-electron chi connectivity index (χ1n) is 9.55. The zero-order chi connectivity index (χ0) is 18.7. The Kier molecular flexibility index (Phi) is 5.76. The summed E-state index contributed by atoms with van der Waals surface area (Å²) in [7, 11) is 3.98. The molecule has 1 aliphatic rings. The monoisotopic (exact) mass is 357 g/mol. The lowest BCUT2D eigenvalue weighted by Crippen LogP contribution is -2.18. The van der Waals surface area contributed by atoms with Crippen molar-refractivity contribution < 1.29 is 0 Å². The molecule has 2 aromatic rings. The van der Waals surface area contributed by atoms with Crippen LogP contribution < -0.4 is 15.5 Å². The van der Waals surface area contributed by atoms with Crippen LogP contribution in [0.1, 0.15) is 35.1 Å². The molecule has 0 fully saturated rings. The molecule has 3 rings (SSSR count). The van der Waals surface area contributed by atoms with E-state index in [9.17, 15) is 0 Å². The van der Waals surface area contributed by atoms with Crippen molar-refractivity contribution in [2.75, 3.05) is 43.9 Å². The molecule has 26 heavy (non-hydrogen) atoms. The van der Waals surface area contributed by atoms with E-state index < -0.39 is 0 Å². The fourth-order valence-corrected chi connectivity index (χ4v) is 3.59. The van der Waals surface area contributed by atoms with Crippen molar-refractivity contribution in [2.24, 2.45) is 0 Å². The molecule has 7 heteroatoms. The lowest BCUT2D eigenvalue weighted by Gasteiger charge is -2.18. The first-order chi connectivity index (χ1) is 12.5. The Morgan fingerprint density at radius 2 is 1.92 bits per heavy atom. The Labute approximate surface area is 156 Å². The molecule has 2 N–H and O–H groups in total. The Morgan fingerprint density at radius 3 is 2.62 bits per heavy atom. The number of aromatic nitrogens is 4. The van der Waals surface area contributed by atoms with Crippen molar-refractivity contribution in [1.82, 2.24) is 25.1 Å². The number of anilines is 2. The van der Waals surface area contributed by atoms with Crippen molar-refractivity contribution in [3.05, 3.63) is 28.2 Å². The summed E-state index contributed by atoms with van der Waals surface area (Å²) in [4.78, 5) is 11.5. The maximum absolute atomic E-state index is 4.78. The van der Waals surface area contributed by atoms with Crippen LogP contribution in [-0.4, -0.2) is 53.5 Å². The molecule has 0 spiro atoms. The van der Waals surface area contributed by atoms with Gasteiger partial charge in [0.1, 0.15) is 5.82 Å². The van der Waals surface area contributed by atoms with Crippen molar-refractivity contribution >= 4 is 11.8 Å². The number of aryl methyl sites for hydroxylation is 2. The van der Waals surface area contributed by atoms with Crippen LogP contribution in [0, 0.1) is 13.8 Å². The first-order valence-corrected chi connectivity index (χ1v) is 9.55. The van der Waals surface area contributed by atoms with Gasteiger partial charge in [-0.05, 0) is 45.7 Å². The van der Waals surface area contributed by atoms with Crippen molar-refractivity contribution in [2.45, 2.75) is 46.6 Å². The second-order valence-electron chi connectivity index (χ2n) is 7.08. The molecule has 0 aromatic carbocycles. The minimum atomic E-state index is 0.777. The fraction of sp³-hybridized carbons (Fsp3) is 0.632. The lowest BCUT2D eigenvalue weighted by molar-refractivity contribution is 0.633. The number of hydrogen-bond acceptors (Lipinski definition) is 6. The summed E-state index contributed by atoms with van der Waals surface area (Å²) in [6.07, 6.45) is 2.87. The number of nitrogens with one attached hydrogen (secondary N) is 2. The second kappa shape index (κ2) is 8.03. The molecule has 0 unspecified atom stereocenters. The minimum Gasteiger partial charge on any atom is -0.369 e. The van der Waals surface area contributed by atoms with E-state index >= 15 is 0 Å². The predicted octanol–water partition coefficient (Wildman–Crippen LogP) is 1.72. The number of nitrogens with zero attached hydrogens (tertiary/aromatic N) is 5. The third-order valence-corrected chi connectivity index (χ3v) is 5.07. The number of hydrogen-bond donors (Lipinski definition) is 2. The highest BCUT2D eigenvalue weighted by molar-refractivity contribution is 5.52.